The lowest BCUT2D eigenvalue weighted by molar-refractivity contribution is -0.145. The van der Waals surface area contributed by atoms with Gasteiger partial charge in [0.2, 0.25) is 0 Å². The van der Waals surface area contributed by atoms with Crippen molar-refractivity contribution < 1.29 is 57.4 Å². The van der Waals surface area contributed by atoms with Gasteiger partial charge in [-0.15, -0.1) is 0 Å². The number of rotatable bonds is 5. The van der Waals surface area contributed by atoms with E-state index in [1.807, 2.05) is 40.9 Å². The predicted molar refractivity (Wildman–Crippen MR) is 239 cm³/mol. The standard InChI is InChI=1S/C18H25NO4.C17H26N2O4.C14H21NO4/c1-10(20)15-12-7-8-14(13(16(12)21)9-11-5-6-11)19(15)17(22)23-18(2,3)4;1-10(20)14-11-7-8-13(12(15(11)21)9-18(5)6)19(14)16(22)23-17(2,3)4;1-8(16)12-10-6-5-9(7-11(10)17)15(12)13(18)19-14(2,3)4/h9,11-12,14-15H,5-8H2,1-4H3;9,11,13-14H,7-8H2,1-6H3;9-10,12H,5-7H2,1-4H3/b13-9+;12-9+;/t12-,14-,15+;11-,13-,14+;9-,10+,12+/m000/s1. The lowest BCUT2D eigenvalue weighted by Gasteiger charge is -2.50. The van der Waals surface area contributed by atoms with Crippen molar-refractivity contribution >= 4 is 53.0 Å². The van der Waals surface area contributed by atoms with Gasteiger partial charge in [-0.05, 0) is 140 Å². The zero-order valence-corrected chi connectivity index (χ0v) is 41.0. The molecule has 6 saturated heterocycles. The summed E-state index contributed by atoms with van der Waals surface area (Å²) in [7, 11) is 3.67. The van der Waals surface area contributed by atoms with Crippen LogP contribution in [-0.4, -0.2) is 140 Å². The molecule has 6 bridgehead atoms. The number of allylic oxidation sites excluding steroid dienone is 1. The van der Waals surface area contributed by atoms with Gasteiger partial charge < -0.3 is 19.1 Å². The third-order valence-electron chi connectivity index (χ3n) is 12.7. The highest BCUT2D eigenvalue weighted by atomic mass is 16.6. The first-order valence-electron chi connectivity index (χ1n) is 23.2. The average Bonchev–Trinajstić information content (AvgIpc) is 3.99. The third-order valence-corrected chi connectivity index (χ3v) is 12.7. The second kappa shape index (κ2) is 19.1. The molecular weight excluding hydrogens is 837 g/mol. The van der Waals surface area contributed by atoms with Crippen LogP contribution in [0.4, 0.5) is 14.4 Å². The van der Waals surface area contributed by atoms with Crippen molar-refractivity contribution in [3.05, 3.63) is 23.4 Å². The number of hydrogen-bond donors (Lipinski definition) is 0. The molecule has 6 heterocycles. The van der Waals surface area contributed by atoms with Crippen LogP contribution < -0.4 is 0 Å². The monoisotopic (exact) mass is 909 g/mol. The van der Waals surface area contributed by atoms with Crippen LogP contribution >= 0.6 is 0 Å². The SMILES string of the molecule is CC(=O)[C@@H]1[C@@H]2CC[C@@H](/C(=C\C3CC3)C2=O)N1C(=O)OC(C)(C)C.CC(=O)[C@@H]1[C@@H]2CC[C@@H](/C(=C\N(C)C)C2=O)N1C(=O)OC(C)(C)C.CC(=O)[C@@H]1[C@@H]2CC[C@@H](CC2=O)N1C(=O)OC(C)(C)C. The number of carbonyl (C=O) groups is 9. The molecule has 16 heteroatoms. The van der Waals surface area contributed by atoms with Crippen molar-refractivity contribution in [1.29, 1.82) is 0 Å². The molecule has 360 valence electrons. The first-order valence-corrected chi connectivity index (χ1v) is 23.2. The van der Waals surface area contributed by atoms with Crippen molar-refractivity contribution in [1.82, 2.24) is 19.6 Å². The molecule has 10 rings (SSSR count). The average molecular weight is 909 g/mol. The molecule has 0 aromatic carbocycles. The number of carbonyl (C=O) groups excluding carboxylic acids is 9. The van der Waals surface area contributed by atoms with Crippen molar-refractivity contribution in [3.63, 3.8) is 0 Å². The Labute approximate surface area is 384 Å². The molecule has 0 N–H and O–H groups in total. The van der Waals surface area contributed by atoms with Gasteiger partial charge in [0.1, 0.15) is 40.7 Å². The van der Waals surface area contributed by atoms with Crippen LogP contribution in [0.2, 0.25) is 0 Å². The van der Waals surface area contributed by atoms with Gasteiger partial charge in [-0.3, -0.25) is 43.5 Å². The van der Waals surface area contributed by atoms with Gasteiger partial charge >= 0.3 is 18.3 Å². The lowest BCUT2D eigenvalue weighted by atomic mass is 9.69. The van der Waals surface area contributed by atoms with E-state index in [0.29, 0.717) is 43.6 Å². The van der Waals surface area contributed by atoms with E-state index in [4.69, 9.17) is 14.2 Å². The van der Waals surface area contributed by atoms with Gasteiger partial charge in [0, 0.05) is 61.7 Å². The molecule has 0 spiro atoms. The number of ketones is 6. The van der Waals surface area contributed by atoms with Crippen molar-refractivity contribution in [2.45, 2.75) is 194 Å². The molecule has 9 atom stereocenters. The molecule has 0 aromatic heterocycles. The van der Waals surface area contributed by atoms with Crippen molar-refractivity contribution in [3.8, 4) is 0 Å². The van der Waals surface area contributed by atoms with Crippen LogP contribution in [0, 0.1) is 23.7 Å². The van der Waals surface area contributed by atoms with E-state index in [1.54, 1.807) is 52.6 Å². The first kappa shape index (κ1) is 51.1. The summed E-state index contributed by atoms with van der Waals surface area (Å²) in [6.07, 6.45) is 9.08. The van der Waals surface area contributed by atoms with E-state index < -0.39 is 71.1 Å². The van der Waals surface area contributed by atoms with Crippen molar-refractivity contribution in [2.75, 3.05) is 14.1 Å². The summed E-state index contributed by atoms with van der Waals surface area (Å²) in [5.41, 5.74) is -0.551. The quantitative estimate of drug-likeness (QED) is 0.207. The molecule has 0 aromatic rings. The fraction of sp³-hybridized carbons (Fsp3) is 0.735. The first-order chi connectivity index (χ1) is 29.9. The Morgan fingerprint density at radius 2 is 0.892 bits per heavy atom. The molecule has 6 aliphatic heterocycles. The van der Waals surface area contributed by atoms with Gasteiger partial charge in [0.25, 0.3) is 0 Å². The van der Waals surface area contributed by atoms with Crippen LogP contribution in [0.1, 0.15) is 141 Å². The van der Waals surface area contributed by atoms with Gasteiger partial charge in [0.15, 0.2) is 28.9 Å². The molecule has 65 heavy (non-hydrogen) atoms. The molecule has 4 saturated carbocycles. The van der Waals surface area contributed by atoms with E-state index in [9.17, 15) is 43.2 Å². The normalized spacial score (nSPS) is 30.6. The van der Waals surface area contributed by atoms with E-state index in [2.05, 4.69) is 0 Å². The summed E-state index contributed by atoms with van der Waals surface area (Å²) in [6.45, 7) is 20.5. The van der Waals surface area contributed by atoms with E-state index in [-0.39, 0.29) is 52.7 Å². The summed E-state index contributed by atoms with van der Waals surface area (Å²) >= 11 is 0. The number of fused-ring (bicyclic) bond motifs is 9. The van der Waals surface area contributed by atoms with Crippen LogP contribution in [0.3, 0.4) is 0 Å². The Hall–Kier alpha value is -4.89. The summed E-state index contributed by atoms with van der Waals surface area (Å²) in [5, 5.41) is 0. The number of piperidine rings is 6. The molecule has 0 radical (unpaired) electrons. The number of Topliss-reactive ketones (excluding diaryl/α,β-unsaturated/α-hetero) is 6. The minimum absolute atomic E-state index is 0.0186. The van der Waals surface area contributed by atoms with E-state index in [1.165, 1.54) is 35.5 Å². The largest absolute Gasteiger partial charge is 0.444 e. The highest BCUT2D eigenvalue weighted by Crippen LogP contribution is 2.45. The second-order valence-electron chi connectivity index (χ2n) is 22.0. The fourth-order valence-corrected chi connectivity index (χ4v) is 10.2. The number of nitrogens with zero attached hydrogens (tertiary/aromatic N) is 4. The summed E-state index contributed by atoms with van der Waals surface area (Å²) in [4.78, 5) is 117. The molecule has 0 unspecified atom stereocenters. The Morgan fingerprint density at radius 3 is 1.26 bits per heavy atom. The Bertz CT molecular complexity index is 1920. The lowest BCUT2D eigenvalue weighted by Crippen LogP contribution is -2.64. The van der Waals surface area contributed by atoms with Gasteiger partial charge in [-0.1, -0.05) is 6.08 Å². The highest BCUT2D eigenvalue weighted by molar-refractivity contribution is 6.07. The Kier molecular flexibility index (Phi) is 15.0. The number of hydrogen-bond acceptors (Lipinski definition) is 13. The maximum absolute atomic E-state index is 12.7. The van der Waals surface area contributed by atoms with E-state index >= 15 is 0 Å². The van der Waals surface area contributed by atoms with E-state index in [0.717, 1.165) is 31.3 Å². The maximum atomic E-state index is 12.7. The molecule has 16 nitrogen and oxygen atoms in total. The molecule has 10 aliphatic rings. The van der Waals surface area contributed by atoms with Crippen LogP contribution in [-0.2, 0) is 43.0 Å². The topological polar surface area (TPSA) is 194 Å². The van der Waals surface area contributed by atoms with Crippen LogP contribution in [0.15, 0.2) is 23.4 Å². The Balaban J connectivity index is 0.000000184. The number of ether oxygens (including phenoxy) is 3. The smallest absolute Gasteiger partial charge is 0.411 e. The Morgan fingerprint density at radius 1 is 0.523 bits per heavy atom. The summed E-state index contributed by atoms with van der Waals surface area (Å²) in [6, 6.07) is -2.89. The van der Waals surface area contributed by atoms with Gasteiger partial charge in [-0.25, -0.2) is 14.4 Å². The molecular formula is C49H72N4O12. The second-order valence-corrected chi connectivity index (χ2v) is 22.0. The molecule has 4 aliphatic carbocycles. The summed E-state index contributed by atoms with van der Waals surface area (Å²) in [5.74, 6) is -1.02. The zero-order valence-electron chi connectivity index (χ0n) is 41.0. The third kappa shape index (κ3) is 11.7. The van der Waals surface area contributed by atoms with Gasteiger partial charge in [0.05, 0.1) is 12.1 Å². The highest BCUT2D eigenvalue weighted by Gasteiger charge is 2.56. The predicted octanol–water partition coefficient (Wildman–Crippen LogP) is 6.80. The molecule has 3 amide bonds. The minimum Gasteiger partial charge on any atom is -0.444 e. The maximum Gasteiger partial charge on any atom is 0.411 e. The summed E-state index contributed by atoms with van der Waals surface area (Å²) < 4.78 is 16.4. The zero-order chi connectivity index (χ0) is 48.8. The van der Waals surface area contributed by atoms with Crippen molar-refractivity contribution in [2.24, 2.45) is 23.7 Å². The number of amides is 3. The van der Waals surface area contributed by atoms with Crippen LogP contribution in [0.25, 0.3) is 0 Å². The van der Waals surface area contributed by atoms with Crippen LogP contribution in [0.5, 0.6) is 0 Å². The fourth-order valence-electron chi connectivity index (χ4n) is 10.2. The minimum atomic E-state index is -0.713. The van der Waals surface area contributed by atoms with Gasteiger partial charge in [-0.2, -0.15) is 0 Å². The molecule has 10 fully saturated rings.